The molecule has 5 aromatic rings. The largest absolute Gasteiger partial charge is 0.376 e. The molecular formula is C29H26N4O. The molecule has 0 fully saturated rings. The minimum absolute atomic E-state index is 0.139. The van der Waals surface area contributed by atoms with E-state index in [1.54, 1.807) is 6.21 Å². The monoisotopic (exact) mass is 446 g/mol. The summed E-state index contributed by atoms with van der Waals surface area (Å²) in [5.41, 5.74) is 8.21. The molecule has 0 aliphatic heterocycles. The van der Waals surface area contributed by atoms with E-state index in [-0.39, 0.29) is 12.5 Å². The SMILES string of the molecule is Cc1ccccc1Cn1cc(/C=N\NC(=O)CNc2cccc3ccccc23)c2ccccc21. The van der Waals surface area contributed by atoms with Crippen LogP contribution < -0.4 is 10.7 Å². The van der Waals surface area contributed by atoms with Crippen molar-refractivity contribution in [1.29, 1.82) is 0 Å². The second-order valence-corrected chi connectivity index (χ2v) is 8.33. The first kappa shape index (κ1) is 21.5. The lowest BCUT2D eigenvalue weighted by Gasteiger charge is -2.08. The maximum atomic E-state index is 12.4. The Bertz CT molecular complexity index is 1490. The van der Waals surface area contributed by atoms with Crippen molar-refractivity contribution in [3.63, 3.8) is 0 Å². The van der Waals surface area contributed by atoms with Gasteiger partial charge in [-0.15, -0.1) is 0 Å². The van der Waals surface area contributed by atoms with Gasteiger partial charge in [0.25, 0.3) is 5.91 Å². The predicted molar refractivity (Wildman–Crippen MR) is 140 cm³/mol. The topological polar surface area (TPSA) is 58.4 Å². The third-order valence-electron chi connectivity index (χ3n) is 6.04. The van der Waals surface area contributed by atoms with Crippen LogP contribution in [0.4, 0.5) is 5.69 Å². The van der Waals surface area contributed by atoms with Gasteiger partial charge in [0.15, 0.2) is 0 Å². The Hall–Kier alpha value is -4.38. The third-order valence-corrected chi connectivity index (χ3v) is 6.04. The minimum Gasteiger partial charge on any atom is -0.376 e. The number of carbonyl (C=O) groups is 1. The number of fused-ring (bicyclic) bond motifs is 2. The van der Waals surface area contributed by atoms with Crippen LogP contribution in [0.25, 0.3) is 21.7 Å². The van der Waals surface area contributed by atoms with Gasteiger partial charge >= 0.3 is 0 Å². The van der Waals surface area contributed by atoms with Crippen LogP contribution in [0.2, 0.25) is 0 Å². The van der Waals surface area contributed by atoms with E-state index in [0.717, 1.165) is 39.5 Å². The highest BCUT2D eigenvalue weighted by Crippen LogP contribution is 2.23. The summed E-state index contributed by atoms with van der Waals surface area (Å²) >= 11 is 0. The molecule has 1 aromatic heterocycles. The highest BCUT2D eigenvalue weighted by Gasteiger charge is 2.09. The summed E-state index contributed by atoms with van der Waals surface area (Å²) in [6.45, 7) is 3.05. The number of carbonyl (C=O) groups excluding carboxylic acids is 1. The summed E-state index contributed by atoms with van der Waals surface area (Å²) in [5.74, 6) is -0.201. The smallest absolute Gasteiger partial charge is 0.259 e. The minimum atomic E-state index is -0.201. The van der Waals surface area contributed by atoms with E-state index in [9.17, 15) is 4.79 Å². The van der Waals surface area contributed by atoms with Gasteiger partial charge in [-0.3, -0.25) is 4.79 Å². The maximum absolute atomic E-state index is 12.4. The van der Waals surface area contributed by atoms with Gasteiger partial charge < -0.3 is 9.88 Å². The normalized spacial score (nSPS) is 11.3. The molecule has 0 saturated carbocycles. The summed E-state index contributed by atoms with van der Waals surface area (Å²) < 4.78 is 2.23. The second-order valence-electron chi connectivity index (χ2n) is 8.33. The van der Waals surface area contributed by atoms with Crippen LogP contribution >= 0.6 is 0 Å². The number of rotatable bonds is 7. The van der Waals surface area contributed by atoms with E-state index in [1.165, 1.54) is 11.1 Å². The van der Waals surface area contributed by atoms with Crippen molar-refractivity contribution in [2.75, 3.05) is 11.9 Å². The van der Waals surface area contributed by atoms with Crippen LogP contribution in [0.1, 0.15) is 16.7 Å². The van der Waals surface area contributed by atoms with Crippen LogP contribution in [0.15, 0.2) is 102 Å². The molecule has 5 heteroatoms. The molecule has 5 nitrogen and oxygen atoms in total. The van der Waals surface area contributed by atoms with Gasteiger partial charge in [0, 0.05) is 40.3 Å². The zero-order valence-electron chi connectivity index (χ0n) is 19.0. The van der Waals surface area contributed by atoms with E-state index < -0.39 is 0 Å². The van der Waals surface area contributed by atoms with Gasteiger partial charge in [0.2, 0.25) is 0 Å². The fourth-order valence-corrected chi connectivity index (χ4v) is 4.25. The van der Waals surface area contributed by atoms with Crippen LogP contribution in [0.3, 0.4) is 0 Å². The summed E-state index contributed by atoms with van der Waals surface area (Å²) in [7, 11) is 0. The first-order valence-corrected chi connectivity index (χ1v) is 11.3. The molecule has 5 rings (SSSR count). The molecule has 1 heterocycles. The fourth-order valence-electron chi connectivity index (χ4n) is 4.25. The molecule has 0 unspecified atom stereocenters. The molecule has 1 amide bonds. The number of hydrazone groups is 1. The first-order valence-electron chi connectivity index (χ1n) is 11.3. The summed E-state index contributed by atoms with van der Waals surface area (Å²) in [5, 5.41) is 10.8. The third kappa shape index (κ3) is 4.55. The van der Waals surface area contributed by atoms with Crippen molar-refractivity contribution in [3.05, 3.63) is 114 Å². The van der Waals surface area contributed by atoms with Crippen molar-refractivity contribution in [2.45, 2.75) is 13.5 Å². The number of nitrogens with one attached hydrogen (secondary N) is 2. The van der Waals surface area contributed by atoms with E-state index in [2.05, 4.69) is 82.1 Å². The highest BCUT2D eigenvalue weighted by molar-refractivity contribution is 6.00. The molecule has 0 aliphatic rings. The zero-order valence-corrected chi connectivity index (χ0v) is 19.0. The van der Waals surface area contributed by atoms with Gasteiger partial charge in [-0.05, 0) is 35.6 Å². The Morgan fingerprint density at radius 1 is 0.882 bits per heavy atom. The molecular weight excluding hydrogens is 420 g/mol. The first-order chi connectivity index (χ1) is 16.7. The Kier molecular flexibility index (Phi) is 6.08. The van der Waals surface area contributed by atoms with Crippen LogP contribution in [-0.4, -0.2) is 23.2 Å². The van der Waals surface area contributed by atoms with Gasteiger partial charge in [0.1, 0.15) is 0 Å². The van der Waals surface area contributed by atoms with Gasteiger partial charge in [0.05, 0.1) is 12.8 Å². The molecule has 0 spiro atoms. The number of aryl methyl sites for hydroxylation is 1. The predicted octanol–water partition coefficient (Wildman–Crippen LogP) is 5.71. The van der Waals surface area contributed by atoms with E-state index >= 15 is 0 Å². The van der Waals surface area contributed by atoms with E-state index in [0.29, 0.717) is 0 Å². The second kappa shape index (κ2) is 9.63. The molecule has 34 heavy (non-hydrogen) atoms. The quantitative estimate of drug-likeness (QED) is 0.248. The Morgan fingerprint density at radius 2 is 1.62 bits per heavy atom. The fraction of sp³-hybridized carbons (Fsp3) is 0.103. The lowest BCUT2D eigenvalue weighted by Crippen LogP contribution is -2.25. The Labute approximate surface area is 198 Å². The average molecular weight is 447 g/mol. The molecule has 0 atom stereocenters. The van der Waals surface area contributed by atoms with Crippen molar-refractivity contribution in [1.82, 2.24) is 9.99 Å². The standard InChI is InChI=1S/C29H26N4O/c1-21-9-2-3-11-23(21)19-33-20-24(26-14-6-7-16-28(26)33)17-31-32-29(34)18-30-27-15-8-12-22-10-4-5-13-25(22)27/h2-17,20,30H,18-19H2,1H3,(H,32,34)/b31-17-. The molecule has 2 N–H and O–H groups in total. The van der Waals surface area contributed by atoms with Crippen molar-refractivity contribution in [3.8, 4) is 0 Å². The number of amides is 1. The Balaban J connectivity index is 1.28. The number of hydrogen-bond donors (Lipinski definition) is 2. The van der Waals surface area contributed by atoms with Crippen molar-refractivity contribution < 1.29 is 4.79 Å². The molecule has 0 bridgehead atoms. The molecule has 4 aromatic carbocycles. The number of para-hydroxylation sites is 1. The number of anilines is 1. The van der Waals surface area contributed by atoms with Crippen LogP contribution in [0, 0.1) is 6.92 Å². The van der Waals surface area contributed by atoms with E-state index in [1.807, 2.05) is 42.5 Å². The van der Waals surface area contributed by atoms with Crippen molar-refractivity contribution >= 4 is 39.5 Å². The lowest BCUT2D eigenvalue weighted by molar-refractivity contribution is -0.119. The number of nitrogens with zero attached hydrogens (tertiary/aromatic N) is 2. The zero-order chi connectivity index (χ0) is 23.3. The molecule has 168 valence electrons. The van der Waals surface area contributed by atoms with Crippen molar-refractivity contribution in [2.24, 2.45) is 5.10 Å². The highest BCUT2D eigenvalue weighted by atomic mass is 16.2. The van der Waals surface area contributed by atoms with Gasteiger partial charge in [-0.2, -0.15) is 5.10 Å². The lowest BCUT2D eigenvalue weighted by atomic mass is 10.1. The van der Waals surface area contributed by atoms with Gasteiger partial charge in [-0.1, -0.05) is 78.9 Å². The summed E-state index contributed by atoms with van der Waals surface area (Å²) in [4.78, 5) is 12.4. The Morgan fingerprint density at radius 3 is 2.50 bits per heavy atom. The number of benzene rings is 4. The van der Waals surface area contributed by atoms with Crippen LogP contribution in [0.5, 0.6) is 0 Å². The van der Waals surface area contributed by atoms with Gasteiger partial charge in [-0.25, -0.2) is 5.43 Å². The molecule has 0 aliphatic carbocycles. The summed E-state index contributed by atoms with van der Waals surface area (Å²) in [6, 6.07) is 30.8. The number of hydrogen-bond acceptors (Lipinski definition) is 3. The van der Waals surface area contributed by atoms with Crippen LogP contribution in [-0.2, 0) is 11.3 Å². The average Bonchev–Trinajstić information content (AvgIpc) is 3.21. The maximum Gasteiger partial charge on any atom is 0.259 e. The summed E-state index contributed by atoms with van der Waals surface area (Å²) in [6.07, 6.45) is 3.80. The molecule has 0 radical (unpaired) electrons. The number of aromatic nitrogens is 1. The van der Waals surface area contributed by atoms with E-state index in [4.69, 9.17) is 0 Å². The molecule has 0 saturated heterocycles.